The van der Waals surface area contributed by atoms with Crippen molar-refractivity contribution in [1.82, 2.24) is 30.0 Å². The van der Waals surface area contributed by atoms with Gasteiger partial charge in [0.1, 0.15) is 16.6 Å². The molecule has 0 aliphatic heterocycles. The first kappa shape index (κ1) is 27.9. The van der Waals surface area contributed by atoms with Crippen LogP contribution in [0.25, 0.3) is 5.65 Å². The molecule has 36 heavy (non-hydrogen) atoms. The first-order valence-electron chi connectivity index (χ1n) is 11.4. The Kier molecular flexibility index (Phi) is 9.66. The number of imidazole rings is 1. The number of amides is 2. The van der Waals surface area contributed by atoms with Crippen LogP contribution in [0.3, 0.4) is 0 Å². The molecule has 3 aromatic rings. The molecule has 0 spiro atoms. The number of benzene rings is 1. The fraction of sp³-hybridized carbons (Fsp3) is 0.391. The summed E-state index contributed by atoms with van der Waals surface area (Å²) in [4.78, 5) is 29.7. The fourth-order valence-electron chi connectivity index (χ4n) is 3.44. The van der Waals surface area contributed by atoms with Gasteiger partial charge in [-0.3, -0.25) is 9.59 Å². The Morgan fingerprint density at radius 2 is 1.86 bits per heavy atom. The highest BCUT2D eigenvalue weighted by molar-refractivity contribution is 7.89. The second-order valence-electron chi connectivity index (χ2n) is 8.58. The number of aromatic nitrogens is 3. The van der Waals surface area contributed by atoms with Crippen LogP contribution in [-0.2, 0) is 14.8 Å². The Morgan fingerprint density at radius 3 is 2.56 bits per heavy atom. The zero-order valence-electron chi connectivity index (χ0n) is 19.9. The molecule has 2 amide bonds. The molecule has 0 aliphatic carbocycles. The van der Waals surface area contributed by atoms with Gasteiger partial charge in [0, 0.05) is 24.3 Å². The third kappa shape index (κ3) is 7.63. The molecule has 1 atom stereocenters. The van der Waals surface area contributed by atoms with Gasteiger partial charge in [0.25, 0.3) is 5.91 Å². The lowest BCUT2D eigenvalue weighted by molar-refractivity contribution is -0.123. The van der Waals surface area contributed by atoms with Crippen molar-refractivity contribution in [1.29, 1.82) is 0 Å². The van der Waals surface area contributed by atoms with Crippen molar-refractivity contribution in [2.45, 2.75) is 44.0 Å². The van der Waals surface area contributed by atoms with Gasteiger partial charge in [-0.15, -0.1) is 0 Å². The van der Waals surface area contributed by atoms with Crippen LogP contribution in [-0.4, -0.2) is 54.0 Å². The number of hydrogen-bond donors (Lipinski definition) is 3. The maximum Gasteiger partial charge on any atom is 0.272 e. The van der Waals surface area contributed by atoms with Crippen molar-refractivity contribution < 1.29 is 18.0 Å². The molecule has 1 aromatic carbocycles. The van der Waals surface area contributed by atoms with Crippen molar-refractivity contribution in [3.05, 3.63) is 58.5 Å². The second kappa shape index (κ2) is 12.5. The number of carbonyl (C=O) groups is 2. The van der Waals surface area contributed by atoms with E-state index in [2.05, 4.69) is 25.4 Å². The smallest absolute Gasteiger partial charge is 0.272 e. The SMILES string of the molecule is CC(C)C[C@H](NC(=O)c1cn2ncccc2n1)C(=O)NCCCCNS(=O)(=O)c1ccc(Cl)cc1Cl. The quantitative estimate of drug-likeness (QED) is 0.294. The summed E-state index contributed by atoms with van der Waals surface area (Å²) in [6.45, 7) is 4.41. The normalized spacial score (nSPS) is 12.6. The number of unbranched alkanes of at least 4 members (excludes halogenated alkanes) is 1. The molecule has 13 heteroatoms. The number of nitrogens with zero attached hydrogens (tertiary/aromatic N) is 3. The first-order chi connectivity index (χ1) is 17.1. The summed E-state index contributed by atoms with van der Waals surface area (Å²) in [6, 6.07) is 6.88. The van der Waals surface area contributed by atoms with Crippen LogP contribution in [0.2, 0.25) is 10.0 Å². The lowest BCUT2D eigenvalue weighted by Crippen LogP contribution is -2.47. The van der Waals surface area contributed by atoms with Crippen LogP contribution in [0.4, 0.5) is 0 Å². The van der Waals surface area contributed by atoms with Crippen LogP contribution in [0.15, 0.2) is 47.6 Å². The van der Waals surface area contributed by atoms with Gasteiger partial charge in [0.15, 0.2) is 5.65 Å². The molecule has 2 heterocycles. The standard InChI is InChI=1S/C23H28Cl2N6O4S/c1-15(2)12-18(30-23(33)19-14-31-21(29-19)6-5-10-27-31)22(32)26-9-3-4-11-28-36(34,35)20-8-7-16(24)13-17(20)25/h5-8,10,13-15,18,28H,3-4,9,11-12H2,1-2H3,(H,26,32)(H,30,33)/t18-/m0/s1. The van der Waals surface area contributed by atoms with Crippen molar-refractivity contribution in [3.63, 3.8) is 0 Å². The lowest BCUT2D eigenvalue weighted by atomic mass is 10.0. The summed E-state index contributed by atoms with van der Waals surface area (Å²) >= 11 is 11.8. The van der Waals surface area contributed by atoms with E-state index in [0.29, 0.717) is 36.5 Å². The van der Waals surface area contributed by atoms with Gasteiger partial charge < -0.3 is 10.6 Å². The maximum atomic E-state index is 12.8. The van der Waals surface area contributed by atoms with Crippen LogP contribution in [0, 0.1) is 5.92 Å². The number of sulfonamides is 1. The summed E-state index contributed by atoms with van der Waals surface area (Å²) in [7, 11) is -3.78. The third-order valence-corrected chi connectivity index (χ3v) is 7.36. The Balaban J connectivity index is 1.47. The summed E-state index contributed by atoms with van der Waals surface area (Å²) in [5, 5.41) is 10.0. The molecule has 0 bridgehead atoms. The van der Waals surface area contributed by atoms with Gasteiger partial charge in [-0.2, -0.15) is 5.10 Å². The molecular formula is C23H28Cl2N6O4S. The third-order valence-electron chi connectivity index (χ3n) is 5.18. The molecule has 194 valence electrons. The monoisotopic (exact) mass is 554 g/mol. The van der Waals surface area contributed by atoms with Crippen molar-refractivity contribution >= 4 is 50.7 Å². The van der Waals surface area contributed by atoms with E-state index in [4.69, 9.17) is 23.2 Å². The summed E-state index contributed by atoms with van der Waals surface area (Å²) in [6.07, 6.45) is 4.56. The summed E-state index contributed by atoms with van der Waals surface area (Å²) in [5.74, 6) is -0.609. The highest BCUT2D eigenvalue weighted by Crippen LogP contribution is 2.24. The van der Waals surface area contributed by atoms with Gasteiger partial charge in [0.2, 0.25) is 15.9 Å². The maximum absolute atomic E-state index is 12.8. The molecule has 0 aliphatic rings. The van der Waals surface area contributed by atoms with E-state index in [9.17, 15) is 18.0 Å². The second-order valence-corrected chi connectivity index (χ2v) is 11.2. The Morgan fingerprint density at radius 1 is 1.11 bits per heavy atom. The van der Waals surface area contributed by atoms with Crippen LogP contribution in [0.1, 0.15) is 43.6 Å². The minimum atomic E-state index is -3.78. The van der Waals surface area contributed by atoms with E-state index in [-0.39, 0.29) is 34.0 Å². The van der Waals surface area contributed by atoms with E-state index < -0.39 is 22.0 Å². The molecule has 3 N–H and O–H groups in total. The minimum Gasteiger partial charge on any atom is -0.354 e. The van der Waals surface area contributed by atoms with Crippen molar-refractivity contribution in [3.8, 4) is 0 Å². The summed E-state index contributed by atoms with van der Waals surface area (Å²) < 4.78 is 28.8. The van der Waals surface area contributed by atoms with Crippen LogP contribution in [0.5, 0.6) is 0 Å². The van der Waals surface area contributed by atoms with Crippen molar-refractivity contribution in [2.24, 2.45) is 5.92 Å². The van der Waals surface area contributed by atoms with E-state index in [0.717, 1.165) is 0 Å². The number of rotatable bonds is 12. The predicted octanol–water partition coefficient (Wildman–Crippen LogP) is 3.06. The molecule has 3 rings (SSSR count). The topological polar surface area (TPSA) is 135 Å². The molecule has 2 aromatic heterocycles. The fourth-order valence-corrected chi connectivity index (χ4v) is 5.28. The van der Waals surface area contributed by atoms with Gasteiger partial charge in [-0.25, -0.2) is 22.6 Å². The van der Waals surface area contributed by atoms with Crippen LogP contribution >= 0.6 is 23.2 Å². The summed E-state index contributed by atoms with van der Waals surface area (Å²) in [5.41, 5.74) is 0.699. The Bertz CT molecular complexity index is 1300. The molecule has 0 saturated carbocycles. The Labute approximate surface area is 219 Å². The van der Waals surface area contributed by atoms with E-state index in [1.807, 2.05) is 13.8 Å². The van der Waals surface area contributed by atoms with Gasteiger partial charge in [-0.1, -0.05) is 37.0 Å². The zero-order valence-corrected chi connectivity index (χ0v) is 22.2. The highest BCUT2D eigenvalue weighted by Gasteiger charge is 2.24. The number of carbonyl (C=O) groups excluding carboxylic acids is 2. The highest BCUT2D eigenvalue weighted by atomic mass is 35.5. The van der Waals surface area contributed by atoms with Gasteiger partial charge >= 0.3 is 0 Å². The van der Waals surface area contributed by atoms with Crippen LogP contribution < -0.4 is 15.4 Å². The number of fused-ring (bicyclic) bond motifs is 1. The van der Waals surface area contributed by atoms with Gasteiger partial charge in [0.05, 0.1) is 11.2 Å². The average molecular weight is 555 g/mol. The van der Waals surface area contributed by atoms with E-state index >= 15 is 0 Å². The zero-order chi connectivity index (χ0) is 26.3. The molecule has 0 unspecified atom stereocenters. The molecule has 10 nitrogen and oxygen atoms in total. The lowest BCUT2D eigenvalue weighted by Gasteiger charge is -2.19. The largest absolute Gasteiger partial charge is 0.354 e. The van der Waals surface area contributed by atoms with E-state index in [1.165, 1.54) is 28.9 Å². The first-order valence-corrected chi connectivity index (χ1v) is 13.6. The average Bonchev–Trinajstić information content (AvgIpc) is 3.24. The predicted molar refractivity (Wildman–Crippen MR) is 138 cm³/mol. The molecule has 0 fully saturated rings. The number of hydrogen-bond acceptors (Lipinski definition) is 6. The van der Waals surface area contributed by atoms with Crippen molar-refractivity contribution in [2.75, 3.05) is 13.1 Å². The Hall–Kier alpha value is -2.73. The van der Waals surface area contributed by atoms with Gasteiger partial charge in [-0.05, 0) is 55.5 Å². The van der Waals surface area contributed by atoms with E-state index in [1.54, 1.807) is 18.3 Å². The molecule has 0 radical (unpaired) electrons. The molecule has 0 saturated heterocycles. The molecular weight excluding hydrogens is 527 g/mol. The minimum absolute atomic E-state index is 0.0420. The number of halogens is 2. The number of nitrogens with one attached hydrogen (secondary N) is 3.